The molecule has 4 aromatic rings. The highest BCUT2D eigenvalue weighted by atomic mass is 32.2. The highest BCUT2D eigenvalue weighted by Crippen LogP contribution is 2.34. The van der Waals surface area contributed by atoms with Crippen molar-refractivity contribution in [2.45, 2.75) is 5.16 Å². The number of rotatable bonds is 10. The van der Waals surface area contributed by atoms with Gasteiger partial charge in [0, 0.05) is 11.3 Å². The van der Waals surface area contributed by atoms with E-state index in [0.29, 0.717) is 28.0 Å². The lowest BCUT2D eigenvalue weighted by Crippen LogP contribution is -2.20. The Hall–Kier alpha value is -4.64. The second kappa shape index (κ2) is 11.9. The summed E-state index contributed by atoms with van der Waals surface area (Å²) in [5.74, 6) is 0.447. The highest BCUT2D eigenvalue weighted by molar-refractivity contribution is 7.99. The van der Waals surface area contributed by atoms with E-state index in [2.05, 4.69) is 20.7 Å². The summed E-state index contributed by atoms with van der Waals surface area (Å²) in [6, 6.07) is 21.2. The zero-order chi connectivity index (χ0) is 26.2. The van der Waals surface area contributed by atoms with Crippen LogP contribution >= 0.6 is 11.8 Å². The lowest BCUT2D eigenvalue weighted by molar-refractivity contribution is -0.118. The van der Waals surface area contributed by atoms with Gasteiger partial charge in [-0.3, -0.25) is 9.36 Å². The molecule has 1 aromatic heterocycles. The minimum absolute atomic E-state index is 0.0478. The zero-order valence-corrected chi connectivity index (χ0v) is 20.8. The van der Waals surface area contributed by atoms with Crippen molar-refractivity contribution in [2.24, 2.45) is 5.10 Å². The van der Waals surface area contributed by atoms with E-state index in [1.807, 2.05) is 47.0 Å². The number of hydrazone groups is 1. The molecule has 4 rings (SSSR count). The molecule has 2 N–H and O–H groups in total. The second-order valence-electron chi connectivity index (χ2n) is 7.56. The van der Waals surface area contributed by atoms with Crippen LogP contribution in [0.3, 0.4) is 0 Å². The largest absolute Gasteiger partial charge is 0.493 e. The Morgan fingerprint density at radius 3 is 2.41 bits per heavy atom. The highest BCUT2D eigenvalue weighted by Gasteiger charge is 2.18. The molecule has 188 valence electrons. The van der Waals surface area contributed by atoms with E-state index in [4.69, 9.17) is 14.6 Å². The number of carbonyl (C=O) groups excluding carboxylic acids is 1. The smallest absolute Gasteiger partial charge is 0.335 e. The molecular weight excluding hydrogens is 494 g/mol. The molecule has 0 bridgehead atoms. The topological polar surface area (TPSA) is 128 Å². The molecule has 0 spiro atoms. The van der Waals surface area contributed by atoms with E-state index in [9.17, 15) is 9.59 Å². The average Bonchev–Trinajstić information content (AvgIpc) is 3.36. The van der Waals surface area contributed by atoms with Gasteiger partial charge in [0.25, 0.3) is 5.91 Å². The number of carboxylic acids is 1. The maximum atomic E-state index is 12.4. The summed E-state index contributed by atoms with van der Waals surface area (Å²) in [5, 5.41) is 22.1. The van der Waals surface area contributed by atoms with E-state index in [-0.39, 0.29) is 17.2 Å². The fourth-order valence-electron chi connectivity index (χ4n) is 3.39. The summed E-state index contributed by atoms with van der Waals surface area (Å²) in [7, 11) is 3.14. The lowest BCUT2D eigenvalue weighted by Gasteiger charge is -2.12. The molecule has 10 nitrogen and oxygen atoms in total. The number of carboxylic acid groups (broad SMARTS) is 1. The van der Waals surface area contributed by atoms with Gasteiger partial charge in [0.1, 0.15) is 0 Å². The summed E-state index contributed by atoms with van der Waals surface area (Å²) < 4.78 is 12.6. The zero-order valence-electron chi connectivity index (χ0n) is 20.0. The fraction of sp³-hybridized carbons (Fsp3) is 0.115. The maximum Gasteiger partial charge on any atom is 0.335 e. The first-order valence-corrected chi connectivity index (χ1v) is 12.0. The third-order valence-electron chi connectivity index (χ3n) is 5.18. The van der Waals surface area contributed by atoms with Crippen molar-refractivity contribution in [3.05, 3.63) is 83.9 Å². The number of ether oxygens (including phenoxy) is 2. The average molecular weight is 518 g/mol. The molecule has 0 aliphatic rings. The van der Waals surface area contributed by atoms with Gasteiger partial charge in [-0.25, -0.2) is 10.2 Å². The summed E-state index contributed by atoms with van der Waals surface area (Å²) in [5.41, 5.74) is 4.90. The van der Waals surface area contributed by atoms with E-state index >= 15 is 0 Å². The first kappa shape index (κ1) is 25.5. The Kier molecular flexibility index (Phi) is 8.16. The van der Waals surface area contributed by atoms with Crippen LogP contribution in [0.25, 0.3) is 17.1 Å². The predicted molar refractivity (Wildman–Crippen MR) is 140 cm³/mol. The van der Waals surface area contributed by atoms with Crippen LogP contribution in [0, 0.1) is 0 Å². The normalized spacial score (nSPS) is 10.9. The number of aromatic carboxylic acids is 1. The molecular formula is C26H23N5O5S. The van der Waals surface area contributed by atoms with Gasteiger partial charge >= 0.3 is 5.97 Å². The number of hydrogen-bond acceptors (Lipinski definition) is 8. The van der Waals surface area contributed by atoms with Crippen molar-refractivity contribution in [3.8, 4) is 28.6 Å². The molecule has 0 radical (unpaired) electrons. The van der Waals surface area contributed by atoms with E-state index in [0.717, 1.165) is 11.3 Å². The summed E-state index contributed by atoms with van der Waals surface area (Å²) in [4.78, 5) is 23.4. The van der Waals surface area contributed by atoms with Crippen molar-refractivity contribution in [1.82, 2.24) is 20.2 Å². The van der Waals surface area contributed by atoms with Crippen molar-refractivity contribution in [3.63, 3.8) is 0 Å². The molecule has 0 unspecified atom stereocenters. The van der Waals surface area contributed by atoms with Crippen molar-refractivity contribution in [2.75, 3.05) is 20.0 Å². The molecule has 0 atom stereocenters. The predicted octanol–water partition coefficient (Wildman–Crippen LogP) is 3.89. The Morgan fingerprint density at radius 2 is 1.73 bits per heavy atom. The van der Waals surface area contributed by atoms with Gasteiger partial charge in [-0.15, -0.1) is 10.2 Å². The number of para-hydroxylation sites is 1. The molecule has 0 fully saturated rings. The van der Waals surface area contributed by atoms with Gasteiger partial charge in [0.2, 0.25) is 0 Å². The van der Waals surface area contributed by atoms with E-state index in [1.54, 1.807) is 32.4 Å². The number of nitrogens with zero attached hydrogens (tertiary/aromatic N) is 4. The minimum Gasteiger partial charge on any atom is -0.493 e. The van der Waals surface area contributed by atoms with Gasteiger partial charge in [-0.1, -0.05) is 42.1 Å². The maximum absolute atomic E-state index is 12.4. The van der Waals surface area contributed by atoms with Gasteiger partial charge in [0.15, 0.2) is 22.5 Å². The van der Waals surface area contributed by atoms with Gasteiger partial charge in [-0.05, 0) is 48.0 Å². The number of thioether (sulfide) groups is 1. The van der Waals surface area contributed by atoms with Gasteiger partial charge < -0.3 is 14.6 Å². The molecule has 0 saturated heterocycles. The third kappa shape index (κ3) is 6.14. The first-order chi connectivity index (χ1) is 18.0. The number of methoxy groups -OCH3 is 2. The fourth-order valence-corrected chi connectivity index (χ4v) is 4.13. The molecule has 3 aromatic carbocycles. The molecule has 1 amide bonds. The van der Waals surface area contributed by atoms with Gasteiger partial charge in [0.05, 0.1) is 31.8 Å². The second-order valence-corrected chi connectivity index (χ2v) is 8.50. The molecule has 11 heteroatoms. The van der Waals surface area contributed by atoms with E-state index < -0.39 is 5.97 Å². The van der Waals surface area contributed by atoms with Crippen LogP contribution in [0.1, 0.15) is 15.9 Å². The molecule has 0 saturated carbocycles. The van der Waals surface area contributed by atoms with Crippen LogP contribution in [-0.2, 0) is 4.79 Å². The Morgan fingerprint density at radius 1 is 1.00 bits per heavy atom. The quantitative estimate of drug-likeness (QED) is 0.184. The summed E-state index contributed by atoms with van der Waals surface area (Å²) in [6.07, 6.45) is 1.44. The molecule has 0 aliphatic heterocycles. The number of hydrogen-bond donors (Lipinski definition) is 2. The van der Waals surface area contributed by atoms with E-state index in [1.165, 1.54) is 30.1 Å². The first-order valence-electron chi connectivity index (χ1n) is 11.0. The van der Waals surface area contributed by atoms with Crippen LogP contribution in [-0.4, -0.2) is 57.9 Å². The number of nitrogens with one attached hydrogen (secondary N) is 1. The van der Waals surface area contributed by atoms with Crippen LogP contribution in [0.5, 0.6) is 11.5 Å². The standard InChI is InChI=1S/C26H23N5O5S/c1-35-21-13-12-19(14-22(21)36-2)24-29-30-26(31(24)20-6-4-3-5-7-20)37-16-23(32)28-27-15-17-8-10-18(11-9-17)25(33)34/h3-15H,16H2,1-2H3,(H,28,32)(H,33,34)/b27-15-. The van der Waals surface area contributed by atoms with Crippen LogP contribution in [0.4, 0.5) is 0 Å². The molecule has 37 heavy (non-hydrogen) atoms. The monoisotopic (exact) mass is 517 g/mol. The van der Waals surface area contributed by atoms with Gasteiger partial charge in [-0.2, -0.15) is 5.10 Å². The molecule has 1 heterocycles. The number of carbonyl (C=O) groups is 2. The number of benzene rings is 3. The molecule has 0 aliphatic carbocycles. The minimum atomic E-state index is -1.01. The SMILES string of the molecule is COc1ccc(-c2nnc(SCC(=O)N/N=C\c3ccc(C(=O)O)cc3)n2-c2ccccc2)cc1OC. The van der Waals surface area contributed by atoms with Crippen LogP contribution < -0.4 is 14.9 Å². The summed E-state index contributed by atoms with van der Waals surface area (Å²) >= 11 is 1.22. The number of amides is 1. The van der Waals surface area contributed by atoms with Crippen LogP contribution in [0.15, 0.2) is 83.1 Å². The third-order valence-corrected chi connectivity index (χ3v) is 6.11. The van der Waals surface area contributed by atoms with Crippen molar-refractivity contribution >= 4 is 29.9 Å². The lowest BCUT2D eigenvalue weighted by atomic mass is 10.1. The summed E-state index contributed by atoms with van der Waals surface area (Å²) in [6.45, 7) is 0. The Bertz CT molecular complexity index is 1420. The van der Waals surface area contributed by atoms with Crippen molar-refractivity contribution < 1.29 is 24.2 Å². The Balaban J connectivity index is 1.50. The van der Waals surface area contributed by atoms with Crippen molar-refractivity contribution in [1.29, 1.82) is 0 Å². The van der Waals surface area contributed by atoms with Crippen LogP contribution in [0.2, 0.25) is 0 Å². The Labute approximate surface area is 217 Å². The number of aromatic nitrogens is 3.